The summed E-state index contributed by atoms with van der Waals surface area (Å²) >= 11 is 0. The molecular weight excluding hydrogens is 188 g/mol. The SMILES string of the molecule is O=COc1ccc(-c2cc[c]cc2)cc1. The summed E-state index contributed by atoms with van der Waals surface area (Å²) in [5.41, 5.74) is 2.20. The molecule has 0 heterocycles. The molecule has 0 aliphatic rings. The third-order valence-electron chi connectivity index (χ3n) is 2.09. The highest BCUT2D eigenvalue weighted by molar-refractivity contribution is 5.64. The molecule has 0 unspecified atom stereocenters. The minimum Gasteiger partial charge on any atom is -0.429 e. The summed E-state index contributed by atoms with van der Waals surface area (Å²) in [6.45, 7) is 0.423. The molecule has 2 aromatic rings. The van der Waals surface area contributed by atoms with Crippen LogP contribution in [-0.2, 0) is 4.79 Å². The van der Waals surface area contributed by atoms with Crippen molar-refractivity contribution in [3.05, 3.63) is 54.6 Å². The van der Waals surface area contributed by atoms with Gasteiger partial charge in [0.15, 0.2) is 0 Å². The molecule has 0 aliphatic heterocycles. The Morgan fingerprint density at radius 3 is 2.13 bits per heavy atom. The molecule has 2 nitrogen and oxygen atoms in total. The first kappa shape index (κ1) is 9.46. The van der Waals surface area contributed by atoms with Gasteiger partial charge in [-0.15, -0.1) is 0 Å². The van der Waals surface area contributed by atoms with Gasteiger partial charge in [-0.2, -0.15) is 0 Å². The molecule has 0 bridgehead atoms. The summed E-state index contributed by atoms with van der Waals surface area (Å²) in [6, 6.07) is 18.0. The van der Waals surface area contributed by atoms with Gasteiger partial charge in [0.25, 0.3) is 6.47 Å². The summed E-state index contributed by atoms with van der Waals surface area (Å²) in [5, 5.41) is 0. The molecule has 0 spiro atoms. The van der Waals surface area contributed by atoms with Gasteiger partial charge in [-0.05, 0) is 29.3 Å². The van der Waals surface area contributed by atoms with Gasteiger partial charge in [-0.25, -0.2) is 0 Å². The van der Waals surface area contributed by atoms with E-state index < -0.39 is 0 Å². The van der Waals surface area contributed by atoms with E-state index in [0.717, 1.165) is 11.1 Å². The predicted molar refractivity (Wildman–Crippen MR) is 57.4 cm³/mol. The molecule has 2 aromatic carbocycles. The summed E-state index contributed by atoms with van der Waals surface area (Å²) in [5.74, 6) is 0.552. The van der Waals surface area contributed by atoms with Crippen molar-refractivity contribution >= 4 is 6.47 Å². The Labute approximate surface area is 88.1 Å². The van der Waals surface area contributed by atoms with Crippen molar-refractivity contribution in [1.82, 2.24) is 0 Å². The zero-order chi connectivity index (χ0) is 10.5. The van der Waals surface area contributed by atoms with Crippen molar-refractivity contribution in [1.29, 1.82) is 0 Å². The van der Waals surface area contributed by atoms with Crippen LogP contribution in [0.4, 0.5) is 0 Å². The second kappa shape index (κ2) is 4.42. The third kappa shape index (κ3) is 2.23. The molecule has 2 rings (SSSR count). The fraction of sp³-hybridized carbons (Fsp3) is 0. The van der Waals surface area contributed by atoms with Crippen LogP contribution in [0.5, 0.6) is 5.75 Å². The van der Waals surface area contributed by atoms with Gasteiger partial charge >= 0.3 is 0 Å². The molecule has 0 atom stereocenters. The molecule has 0 amide bonds. The Hall–Kier alpha value is -2.09. The fourth-order valence-corrected chi connectivity index (χ4v) is 1.36. The lowest BCUT2D eigenvalue weighted by Crippen LogP contribution is -1.87. The third-order valence-corrected chi connectivity index (χ3v) is 2.09. The molecule has 1 radical (unpaired) electrons. The Balaban J connectivity index is 2.28. The summed E-state index contributed by atoms with van der Waals surface area (Å²) in [6.07, 6.45) is 0. The van der Waals surface area contributed by atoms with Crippen molar-refractivity contribution in [2.45, 2.75) is 0 Å². The normalized spacial score (nSPS) is 9.60. The van der Waals surface area contributed by atoms with Crippen molar-refractivity contribution in [3.8, 4) is 16.9 Å². The maximum atomic E-state index is 10.1. The van der Waals surface area contributed by atoms with Crippen LogP contribution in [0.25, 0.3) is 11.1 Å². The first-order valence-corrected chi connectivity index (χ1v) is 4.57. The smallest absolute Gasteiger partial charge is 0.298 e. The van der Waals surface area contributed by atoms with E-state index in [1.165, 1.54) is 0 Å². The van der Waals surface area contributed by atoms with E-state index in [-0.39, 0.29) is 0 Å². The zero-order valence-corrected chi connectivity index (χ0v) is 8.01. The number of hydrogen-bond donors (Lipinski definition) is 0. The van der Waals surface area contributed by atoms with Crippen LogP contribution in [0.1, 0.15) is 0 Å². The zero-order valence-electron chi connectivity index (χ0n) is 8.01. The Morgan fingerprint density at radius 1 is 0.933 bits per heavy atom. The van der Waals surface area contributed by atoms with Gasteiger partial charge in [-0.1, -0.05) is 36.4 Å². The quantitative estimate of drug-likeness (QED) is 0.707. The minimum absolute atomic E-state index is 0.423. The standard InChI is InChI=1S/C13H9O2/c14-10-15-13-8-6-12(7-9-13)11-4-2-1-3-5-11/h2-10H. The number of hydrogen-bond acceptors (Lipinski definition) is 2. The molecule has 2 heteroatoms. The van der Waals surface area contributed by atoms with Crippen molar-refractivity contribution in [2.24, 2.45) is 0 Å². The first-order valence-electron chi connectivity index (χ1n) is 4.57. The van der Waals surface area contributed by atoms with E-state index in [2.05, 4.69) is 6.07 Å². The number of rotatable bonds is 3. The van der Waals surface area contributed by atoms with Crippen LogP contribution >= 0.6 is 0 Å². The van der Waals surface area contributed by atoms with Crippen molar-refractivity contribution in [3.63, 3.8) is 0 Å². The highest BCUT2D eigenvalue weighted by atomic mass is 16.5. The Bertz CT molecular complexity index is 432. The first-order chi connectivity index (χ1) is 7.40. The number of carbonyl (C=O) groups is 1. The second-order valence-corrected chi connectivity index (χ2v) is 3.03. The van der Waals surface area contributed by atoms with Crippen LogP contribution < -0.4 is 4.74 Å². The number of benzene rings is 2. The van der Waals surface area contributed by atoms with E-state index in [9.17, 15) is 4.79 Å². The van der Waals surface area contributed by atoms with Crippen molar-refractivity contribution < 1.29 is 9.53 Å². The average molecular weight is 197 g/mol. The molecule has 0 saturated carbocycles. The van der Waals surface area contributed by atoms with Crippen molar-refractivity contribution in [2.75, 3.05) is 0 Å². The molecular formula is C13H9O2. The largest absolute Gasteiger partial charge is 0.429 e. The summed E-state index contributed by atoms with van der Waals surface area (Å²) in [4.78, 5) is 10.1. The van der Waals surface area contributed by atoms with Gasteiger partial charge in [-0.3, -0.25) is 4.79 Å². The lowest BCUT2D eigenvalue weighted by atomic mass is 10.1. The molecule has 73 valence electrons. The summed E-state index contributed by atoms with van der Waals surface area (Å²) in [7, 11) is 0. The predicted octanol–water partition coefficient (Wildman–Crippen LogP) is 2.69. The van der Waals surface area contributed by atoms with Crippen LogP contribution in [0.3, 0.4) is 0 Å². The van der Waals surface area contributed by atoms with Crippen LogP contribution in [0.15, 0.2) is 48.5 Å². The minimum atomic E-state index is 0.423. The van der Waals surface area contributed by atoms with Gasteiger partial charge in [0.05, 0.1) is 0 Å². The summed E-state index contributed by atoms with van der Waals surface area (Å²) < 4.78 is 4.71. The fourth-order valence-electron chi connectivity index (χ4n) is 1.36. The maximum absolute atomic E-state index is 10.1. The van der Waals surface area contributed by atoms with Gasteiger partial charge in [0.1, 0.15) is 5.75 Å². The van der Waals surface area contributed by atoms with Crippen LogP contribution in [0, 0.1) is 6.07 Å². The highest BCUT2D eigenvalue weighted by Crippen LogP contribution is 2.21. The van der Waals surface area contributed by atoms with E-state index in [4.69, 9.17) is 4.74 Å². The topological polar surface area (TPSA) is 26.3 Å². The lowest BCUT2D eigenvalue weighted by Gasteiger charge is -2.02. The molecule has 0 saturated heterocycles. The monoisotopic (exact) mass is 197 g/mol. The lowest BCUT2D eigenvalue weighted by molar-refractivity contribution is -0.120. The molecule has 0 fully saturated rings. The van der Waals surface area contributed by atoms with Gasteiger partial charge < -0.3 is 4.74 Å². The molecule has 0 aromatic heterocycles. The second-order valence-electron chi connectivity index (χ2n) is 3.03. The number of carbonyl (C=O) groups excluding carboxylic acids is 1. The van der Waals surface area contributed by atoms with E-state index in [0.29, 0.717) is 12.2 Å². The highest BCUT2D eigenvalue weighted by Gasteiger charge is 1.97. The van der Waals surface area contributed by atoms with Gasteiger partial charge in [0, 0.05) is 0 Å². The molecule has 0 N–H and O–H groups in total. The molecule has 0 aliphatic carbocycles. The Morgan fingerprint density at radius 2 is 1.53 bits per heavy atom. The average Bonchev–Trinajstić information content (AvgIpc) is 2.32. The van der Waals surface area contributed by atoms with Crippen LogP contribution in [0.2, 0.25) is 0 Å². The molecule has 15 heavy (non-hydrogen) atoms. The van der Waals surface area contributed by atoms with Crippen LogP contribution in [-0.4, -0.2) is 6.47 Å². The van der Waals surface area contributed by atoms with E-state index in [1.807, 2.05) is 36.4 Å². The van der Waals surface area contributed by atoms with E-state index >= 15 is 0 Å². The maximum Gasteiger partial charge on any atom is 0.298 e. The Kier molecular flexibility index (Phi) is 2.79. The van der Waals surface area contributed by atoms with Gasteiger partial charge in [0.2, 0.25) is 0 Å². The number of ether oxygens (including phenoxy) is 1. The van der Waals surface area contributed by atoms with E-state index in [1.54, 1.807) is 12.1 Å².